The highest BCUT2D eigenvalue weighted by Crippen LogP contribution is 2.38. The van der Waals surface area contributed by atoms with Crippen LogP contribution in [-0.2, 0) is 14.3 Å². The van der Waals surface area contributed by atoms with Crippen molar-refractivity contribution in [1.29, 1.82) is 0 Å². The first-order valence-corrected chi connectivity index (χ1v) is 9.28. The van der Waals surface area contributed by atoms with Crippen molar-refractivity contribution in [2.45, 2.75) is 51.7 Å². The van der Waals surface area contributed by atoms with E-state index in [1.54, 1.807) is 0 Å². The highest BCUT2D eigenvalue weighted by molar-refractivity contribution is 5.77. The van der Waals surface area contributed by atoms with Crippen LogP contribution < -0.4 is 0 Å². The Labute approximate surface area is 158 Å². The van der Waals surface area contributed by atoms with Crippen LogP contribution in [0.2, 0.25) is 0 Å². The quantitative estimate of drug-likeness (QED) is 0.774. The Morgan fingerprint density at radius 3 is 2.30 bits per heavy atom. The lowest BCUT2D eigenvalue weighted by molar-refractivity contribution is -0.192. The zero-order chi connectivity index (χ0) is 20.8. The van der Waals surface area contributed by atoms with Crippen molar-refractivity contribution in [1.82, 2.24) is 9.80 Å². The highest BCUT2D eigenvalue weighted by Gasteiger charge is 2.50. The maximum atomic E-state index is 12.1. The molecule has 2 heterocycles. The molecule has 27 heavy (non-hydrogen) atoms. The number of hydrogen-bond donors (Lipinski definition) is 1. The van der Waals surface area contributed by atoms with E-state index in [1.165, 1.54) is 12.8 Å². The first-order valence-electron chi connectivity index (χ1n) is 9.28. The summed E-state index contributed by atoms with van der Waals surface area (Å²) in [5, 5.41) is 7.12. The molecule has 2 rings (SSSR count). The highest BCUT2D eigenvalue weighted by atomic mass is 19.4. The first-order chi connectivity index (χ1) is 12.4. The average molecular weight is 396 g/mol. The largest absolute Gasteiger partial charge is 0.490 e. The standard InChI is InChI=1S/C16H30N2O2.C2HF3O2/c1-5-20-10-14-6-7-17(4)16(9-14)11-18(12-16)15(19)8-13(2)3;3-2(4,5)1(6)7/h13-14H,5-12H2,1-4H3;(H,6,7). The molecule has 1 unspecified atom stereocenters. The minimum atomic E-state index is -5.08. The summed E-state index contributed by atoms with van der Waals surface area (Å²) >= 11 is 0. The smallest absolute Gasteiger partial charge is 0.475 e. The average Bonchev–Trinajstić information content (AvgIpc) is 2.51. The van der Waals surface area contributed by atoms with Gasteiger partial charge in [0.05, 0.1) is 5.54 Å². The Hall–Kier alpha value is -1.35. The van der Waals surface area contributed by atoms with Crippen molar-refractivity contribution in [3.8, 4) is 0 Å². The van der Waals surface area contributed by atoms with Crippen LogP contribution in [0.15, 0.2) is 0 Å². The number of likely N-dealkylation sites (tertiary alicyclic amines) is 2. The summed E-state index contributed by atoms with van der Waals surface area (Å²) in [4.78, 5) is 25.5. The molecule has 0 bridgehead atoms. The van der Waals surface area contributed by atoms with E-state index in [9.17, 15) is 18.0 Å². The number of rotatable bonds is 5. The van der Waals surface area contributed by atoms with Crippen molar-refractivity contribution in [3.63, 3.8) is 0 Å². The van der Waals surface area contributed by atoms with Crippen molar-refractivity contribution < 1.29 is 32.6 Å². The second-order valence-corrected chi connectivity index (χ2v) is 7.81. The fourth-order valence-corrected chi connectivity index (χ4v) is 3.52. The van der Waals surface area contributed by atoms with Gasteiger partial charge in [0, 0.05) is 32.7 Å². The molecule has 2 fully saturated rings. The van der Waals surface area contributed by atoms with Crippen LogP contribution in [0, 0.1) is 11.8 Å². The number of ether oxygens (including phenoxy) is 1. The predicted octanol–water partition coefficient (Wildman–Crippen LogP) is 2.63. The maximum absolute atomic E-state index is 12.1. The zero-order valence-corrected chi connectivity index (χ0v) is 16.5. The van der Waals surface area contributed by atoms with Gasteiger partial charge in [0.15, 0.2) is 0 Å². The van der Waals surface area contributed by atoms with Crippen LogP contribution in [0.25, 0.3) is 0 Å². The fourth-order valence-electron chi connectivity index (χ4n) is 3.52. The summed E-state index contributed by atoms with van der Waals surface area (Å²) in [7, 11) is 2.21. The Morgan fingerprint density at radius 2 is 1.85 bits per heavy atom. The van der Waals surface area contributed by atoms with Gasteiger partial charge in [-0.1, -0.05) is 13.8 Å². The topological polar surface area (TPSA) is 70.1 Å². The Kier molecular flexibility index (Phi) is 8.53. The van der Waals surface area contributed by atoms with Crippen molar-refractivity contribution in [3.05, 3.63) is 0 Å². The number of carboxylic acid groups (broad SMARTS) is 1. The SMILES string of the molecule is CCOCC1CCN(C)C2(C1)CN(C(=O)CC(C)C)C2.O=C(O)C(F)(F)F. The molecule has 0 radical (unpaired) electrons. The monoisotopic (exact) mass is 396 g/mol. The van der Waals surface area contributed by atoms with Gasteiger partial charge in [-0.05, 0) is 45.2 Å². The summed E-state index contributed by atoms with van der Waals surface area (Å²) < 4.78 is 37.3. The van der Waals surface area contributed by atoms with Crippen molar-refractivity contribution in [2.24, 2.45) is 11.8 Å². The Bertz CT molecular complexity index is 503. The number of halogens is 3. The van der Waals surface area contributed by atoms with E-state index < -0.39 is 12.1 Å². The molecule has 9 heteroatoms. The number of amides is 1. The summed E-state index contributed by atoms with van der Waals surface area (Å²) in [6, 6.07) is 0. The van der Waals surface area contributed by atoms with Crippen LogP contribution in [0.5, 0.6) is 0 Å². The number of carbonyl (C=O) groups excluding carboxylic acids is 1. The minimum absolute atomic E-state index is 0.229. The van der Waals surface area contributed by atoms with E-state index in [1.807, 2.05) is 4.90 Å². The molecule has 2 aliphatic rings. The second-order valence-electron chi connectivity index (χ2n) is 7.81. The number of aliphatic carboxylic acids is 1. The molecule has 1 spiro atoms. The normalized spacial score (nSPS) is 22.2. The molecule has 0 aromatic heterocycles. The summed E-state index contributed by atoms with van der Waals surface area (Å²) in [5.41, 5.74) is 0.229. The van der Waals surface area contributed by atoms with E-state index in [2.05, 4.69) is 32.7 Å². The van der Waals surface area contributed by atoms with Gasteiger partial charge in [0.1, 0.15) is 0 Å². The van der Waals surface area contributed by atoms with Crippen molar-refractivity contribution in [2.75, 3.05) is 39.9 Å². The zero-order valence-electron chi connectivity index (χ0n) is 16.5. The van der Waals surface area contributed by atoms with E-state index in [-0.39, 0.29) is 5.54 Å². The van der Waals surface area contributed by atoms with E-state index in [4.69, 9.17) is 14.6 Å². The van der Waals surface area contributed by atoms with Crippen LogP contribution in [0.3, 0.4) is 0 Å². The maximum Gasteiger partial charge on any atom is 0.490 e. The van der Waals surface area contributed by atoms with Gasteiger partial charge in [-0.3, -0.25) is 9.69 Å². The minimum Gasteiger partial charge on any atom is -0.475 e. The third-order valence-electron chi connectivity index (χ3n) is 5.06. The third-order valence-corrected chi connectivity index (χ3v) is 5.06. The molecule has 1 atom stereocenters. The van der Waals surface area contributed by atoms with Crippen LogP contribution in [0.1, 0.15) is 40.0 Å². The molecule has 1 amide bonds. The van der Waals surface area contributed by atoms with E-state index in [0.29, 0.717) is 24.2 Å². The summed E-state index contributed by atoms with van der Waals surface area (Å²) in [5.74, 6) is -1.32. The lowest BCUT2D eigenvalue weighted by Crippen LogP contribution is -2.72. The summed E-state index contributed by atoms with van der Waals surface area (Å²) in [6.07, 6.45) is -2.00. The number of likely N-dealkylation sites (N-methyl/N-ethyl adjacent to an activating group) is 1. The molecule has 2 saturated heterocycles. The molecular formula is C18H31F3N2O4. The number of carboxylic acids is 1. The second kappa shape index (κ2) is 9.73. The molecule has 1 N–H and O–H groups in total. The molecule has 6 nitrogen and oxygen atoms in total. The van der Waals surface area contributed by atoms with E-state index >= 15 is 0 Å². The number of piperidine rings is 1. The third kappa shape index (κ3) is 6.95. The molecule has 158 valence electrons. The van der Waals surface area contributed by atoms with Crippen LogP contribution in [0.4, 0.5) is 13.2 Å². The fraction of sp³-hybridized carbons (Fsp3) is 0.889. The molecule has 0 aromatic carbocycles. The molecule has 2 aliphatic heterocycles. The van der Waals surface area contributed by atoms with Crippen LogP contribution in [-0.4, -0.2) is 78.4 Å². The predicted molar refractivity (Wildman–Crippen MR) is 94.3 cm³/mol. The lowest BCUT2D eigenvalue weighted by Gasteiger charge is -2.58. The van der Waals surface area contributed by atoms with Crippen LogP contribution >= 0.6 is 0 Å². The first kappa shape index (κ1) is 23.7. The molecular weight excluding hydrogens is 365 g/mol. The van der Waals surface area contributed by atoms with Gasteiger partial charge in [0.25, 0.3) is 0 Å². The number of nitrogens with zero attached hydrogens (tertiary/aromatic N) is 2. The summed E-state index contributed by atoms with van der Waals surface area (Å²) in [6.45, 7) is 10.9. The lowest BCUT2D eigenvalue weighted by atomic mass is 9.75. The Balaban J connectivity index is 0.000000445. The van der Waals surface area contributed by atoms with Gasteiger partial charge in [-0.2, -0.15) is 13.2 Å². The van der Waals surface area contributed by atoms with Gasteiger partial charge >= 0.3 is 12.1 Å². The Morgan fingerprint density at radius 1 is 1.30 bits per heavy atom. The molecule has 0 aromatic rings. The molecule has 0 aliphatic carbocycles. The number of carbonyl (C=O) groups is 2. The van der Waals surface area contributed by atoms with E-state index in [0.717, 1.165) is 32.8 Å². The van der Waals surface area contributed by atoms with Gasteiger partial charge in [-0.15, -0.1) is 0 Å². The van der Waals surface area contributed by atoms with Crippen molar-refractivity contribution >= 4 is 11.9 Å². The van der Waals surface area contributed by atoms with Gasteiger partial charge in [-0.25, -0.2) is 4.79 Å². The number of hydrogen-bond acceptors (Lipinski definition) is 4. The van der Waals surface area contributed by atoms with Gasteiger partial charge < -0.3 is 14.7 Å². The van der Waals surface area contributed by atoms with Gasteiger partial charge in [0.2, 0.25) is 5.91 Å². The number of alkyl halides is 3. The molecule has 0 saturated carbocycles.